The third-order valence-corrected chi connectivity index (χ3v) is 4.32. The number of amides is 1. The SMILES string of the molecule is CCOC(=O)N1CC[N+](C)(Cc2cccs2)CC1.[Cl-]. The summed E-state index contributed by atoms with van der Waals surface area (Å²) in [6.07, 6.45) is -0.167. The number of halogens is 1. The molecule has 1 fully saturated rings. The van der Waals surface area contributed by atoms with E-state index in [9.17, 15) is 4.79 Å². The van der Waals surface area contributed by atoms with Crippen LogP contribution in [0, 0.1) is 0 Å². The number of nitrogens with zero attached hydrogens (tertiary/aromatic N) is 2. The van der Waals surface area contributed by atoms with E-state index in [4.69, 9.17) is 4.74 Å². The number of piperazine rings is 1. The van der Waals surface area contributed by atoms with Gasteiger partial charge in [-0.15, -0.1) is 11.3 Å². The second-order valence-electron chi connectivity index (χ2n) is 4.99. The van der Waals surface area contributed by atoms with E-state index < -0.39 is 0 Å². The molecule has 1 aromatic rings. The maximum absolute atomic E-state index is 11.6. The molecule has 2 heterocycles. The van der Waals surface area contributed by atoms with Crippen LogP contribution < -0.4 is 12.4 Å². The Morgan fingerprint density at radius 1 is 1.47 bits per heavy atom. The molecule has 4 nitrogen and oxygen atoms in total. The van der Waals surface area contributed by atoms with Gasteiger partial charge in [0.25, 0.3) is 0 Å². The van der Waals surface area contributed by atoms with Crippen molar-refractivity contribution in [2.75, 3.05) is 39.8 Å². The van der Waals surface area contributed by atoms with Crippen LogP contribution in [-0.2, 0) is 11.3 Å². The summed E-state index contributed by atoms with van der Waals surface area (Å²) in [7, 11) is 2.27. The highest BCUT2D eigenvalue weighted by molar-refractivity contribution is 7.09. The van der Waals surface area contributed by atoms with Crippen LogP contribution >= 0.6 is 11.3 Å². The number of thiophene rings is 1. The molecule has 0 bridgehead atoms. The Hall–Kier alpha value is -0.780. The average molecular weight is 305 g/mol. The van der Waals surface area contributed by atoms with Gasteiger partial charge in [-0.3, -0.25) is 4.90 Å². The summed E-state index contributed by atoms with van der Waals surface area (Å²) < 4.78 is 6.05. The number of ether oxygens (including phenoxy) is 1. The fourth-order valence-electron chi connectivity index (χ4n) is 2.28. The van der Waals surface area contributed by atoms with Crippen molar-refractivity contribution in [2.45, 2.75) is 13.5 Å². The summed E-state index contributed by atoms with van der Waals surface area (Å²) in [5.41, 5.74) is 0. The highest BCUT2D eigenvalue weighted by atomic mass is 35.5. The van der Waals surface area contributed by atoms with E-state index in [0.29, 0.717) is 6.61 Å². The zero-order valence-electron chi connectivity index (χ0n) is 11.5. The van der Waals surface area contributed by atoms with Gasteiger partial charge in [0.1, 0.15) is 6.54 Å². The van der Waals surface area contributed by atoms with Crippen molar-refractivity contribution in [1.29, 1.82) is 0 Å². The number of rotatable bonds is 3. The van der Waals surface area contributed by atoms with Gasteiger partial charge in [0.2, 0.25) is 0 Å². The molecule has 6 heteroatoms. The zero-order chi connectivity index (χ0) is 13.0. The average Bonchev–Trinajstić information content (AvgIpc) is 2.82. The fourth-order valence-corrected chi connectivity index (χ4v) is 3.16. The van der Waals surface area contributed by atoms with Gasteiger partial charge >= 0.3 is 6.09 Å². The Kier molecular flexibility index (Phi) is 6.10. The molecule has 1 saturated heterocycles. The number of carbonyl (C=O) groups excluding carboxylic acids is 1. The smallest absolute Gasteiger partial charge is 0.410 e. The number of hydrogen-bond donors (Lipinski definition) is 0. The molecule has 0 aliphatic carbocycles. The van der Waals surface area contributed by atoms with Gasteiger partial charge in [-0.2, -0.15) is 0 Å². The summed E-state index contributed by atoms with van der Waals surface area (Å²) in [5, 5.41) is 2.12. The van der Waals surface area contributed by atoms with Crippen LogP contribution in [0.25, 0.3) is 0 Å². The first kappa shape index (κ1) is 16.3. The molecule has 1 aliphatic heterocycles. The van der Waals surface area contributed by atoms with E-state index in [1.807, 2.05) is 23.2 Å². The Morgan fingerprint density at radius 2 is 2.16 bits per heavy atom. The molecule has 1 aromatic heterocycles. The number of likely N-dealkylation sites (N-methyl/N-ethyl adjacent to an activating group) is 1. The van der Waals surface area contributed by atoms with Crippen molar-refractivity contribution in [2.24, 2.45) is 0 Å². The van der Waals surface area contributed by atoms with E-state index in [0.717, 1.165) is 37.2 Å². The molecule has 1 aliphatic rings. The van der Waals surface area contributed by atoms with Gasteiger partial charge in [-0.1, -0.05) is 6.07 Å². The first-order valence-corrected chi connectivity index (χ1v) is 7.28. The summed E-state index contributed by atoms with van der Waals surface area (Å²) in [4.78, 5) is 14.9. The van der Waals surface area contributed by atoms with Gasteiger partial charge < -0.3 is 21.6 Å². The molecule has 0 saturated carbocycles. The third kappa shape index (κ3) is 4.37. The minimum absolute atomic E-state index is 0. The largest absolute Gasteiger partial charge is 1.00 e. The normalized spacial score (nSPS) is 17.7. The van der Waals surface area contributed by atoms with Gasteiger partial charge in [0.15, 0.2) is 0 Å². The lowest BCUT2D eigenvalue weighted by atomic mass is 10.2. The minimum Gasteiger partial charge on any atom is -1.00 e. The van der Waals surface area contributed by atoms with Crippen molar-refractivity contribution in [1.82, 2.24) is 4.90 Å². The Balaban J connectivity index is 0.00000180. The maximum Gasteiger partial charge on any atom is 0.410 e. The molecule has 0 aromatic carbocycles. The predicted molar refractivity (Wildman–Crippen MR) is 72.5 cm³/mol. The Bertz CT molecular complexity index is 389. The van der Waals surface area contributed by atoms with Gasteiger partial charge in [-0.25, -0.2) is 4.79 Å². The molecular formula is C13H21ClN2O2S. The highest BCUT2D eigenvalue weighted by Crippen LogP contribution is 2.19. The summed E-state index contributed by atoms with van der Waals surface area (Å²) >= 11 is 1.81. The summed E-state index contributed by atoms with van der Waals surface area (Å²) in [6, 6.07) is 4.28. The first-order valence-electron chi connectivity index (χ1n) is 6.40. The minimum atomic E-state index is -0.167. The van der Waals surface area contributed by atoms with Crippen LogP contribution in [0.3, 0.4) is 0 Å². The standard InChI is InChI=1S/C13H21N2O2S.ClH/c1-3-17-13(16)14-6-8-15(2,9-7-14)11-12-5-4-10-18-12;/h4-5,10H,3,6-9,11H2,1-2H3;1H/q+1;/p-1. The van der Waals surface area contributed by atoms with E-state index in [1.165, 1.54) is 4.88 Å². The number of quaternary nitrogens is 1. The maximum atomic E-state index is 11.6. The molecule has 0 radical (unpaired) electrons. The van der Waals surface area contributed by atoms with Crippen LogP contribution in [0.15, 0.2) is 17.5 Å². The lowest BCUT2D eigenvalue weighted by Gasteiger charge is -2.41. The van der Waals surface area contributed by atoms with Gasteiger partial charge in [-0.05, 0) is 18.4 Å². The van der Waals surface area contributed by atoms with E-state index >= 15 is 0 Å². The van der Waals surface area contributed by atoms with Crippen LogP contribution in [0.1, 0.15) is 11.8 Å². The molecule has 1 amide bonds. The Labute approximate surface area is 125 Å². The van der Waals surface area contributed by atoms with Gasteiger partial charge in [0, 0.05) is 0 Å². The summed E-state index contributed by atoms with van der Waals surface area (Å²) in [6.45, 7) is 6.94. The predicted octanol–water partition coefficient (Wildman–Crippen LogP) is -0.829. The van der Waals surface area contributed by atoms with Crippen LogP contribution in [0.4, 0.5) is 4.79 Å². The molecule has 19 heavy (non-hydrogen) atoms. The quantitative estimate of drug-likeness (QED) is 0.682. The monoisotopic (exact) mass is 304 g/mol. The molecule has 108 valence electrons. The van der Waals surface area contributed by atoms with Crippen LogP contribution in [-0.4, -0.2) is 55.3 Å². The van der Waals surface area contributed by atoms with Crippen LogP contribution in [0.5, 0.6) is 0 Å². The van der Waals surface area contributed by atoms with Crippen molar-refractivity contribution >= 4 is 17.4 Å². The second kappa shape index (κ2) is 7.12. The molecule has 0 N–H and O–H groups in total. The zero-order valence-corrected chi connectivity index (χ0v) is 13.0. The lowest BCUT2D eigenvalue weighted by Crippen LogP contribution is -3.00. The second-order valence-corrected chi connectivity index (χ2v) is 6.02. The molecule has 0 spiro atoms. The van der Waals surface area contributed by atoms with E-state index in [-0.39, 0.29) is 18.5 Å². The fraction of sp³-hybridized carbons (Fsp3) is 0.615. The summed E-state index contributed by atoms with van der Waals surface area (Å²) in [5.74, 6) is 0. The van der Waals surface area contributed by atoms with Crippen LogP contribution in [0.2, 0.25) is 0 Å². The van der Waals surface area contributed by atoms with Crippen molar-refractivity contribution < 1.29 is 26.4 Å². The van der Waals surface area contributed by atoms with Crippen molar-refractivity contribution in [3.63, 3.8) is 0 Å². The number of carbonyl (C=O) groups is 1. The Morgan fingerprint density at radius 3 is 2.68 bits per heavy atom. The van der Waals surface area contributed by atoms with Crippen molar-refractivity contribution in [3.05, 3.63) is 22.4 Å². The van der Waals surface area contributed by atoms with Gasteiger partial charge in [0.05, 0.1) is 44.7 Å². The molecule has 0 unspecified atom stereocenters. The molecular weight excluding hydrogens is 284 g/mol. The van der Waals surface area contributed by atoms with E-state index in [1.54, 1.807) is 0 Å². The highest BCUT2D eigenvalue weighted by Gasteiger charge is 2.31. The topological polar surface area (TPSA) is 29.5 Å². The molecule has 0 atom stereocenters. The third-order valence-electron chi connectivity index (χ3n) is 3.46. The number of hydrogen-bond acceptors (Lipinski definition) is 3. The first-order chi connectivity index (χ1) is 8.63. The lowest BCUT2D eigenvalue weighted by molar-refractivity contribution is -0.925. The molecule has 2 rings (SSSR count). The van der Waals surface area contributed by atoms with Crippen molar-refractivity contribution in [3.8, 4) is 0 Å². The van der Waals surface area contributed by atoms with E-state index in [2.05, 4.69) is 24.6 Å².